The molecule has 2 N–H and O–H groups in total. The third kappa shape index (κ3) is 33.8. The van der Waals surface area contributed by atoms with Crippen molar-refractivity contribution in [3.8, 4) is 12.1 Å². The summed E-state index contributed by atoms with van der Waals surface area (Å²) in [6.45, 7) is 3.36. The highest BCUT2D eigenvalue weighted by Crippen LogP contribution is 2.35. The number of carbonyl (C=O) groups excluding carboxylic acids is 4. The molecule has 1 amide bonds. The molecule has 0 saturated carbocycles. The van der Waals surface area contributed by atoms with Crippen LogP contribution in [0.1, 0.15) is 101 Å². The number of ether oxygens (including phenoxy) is 3. The third-order valence-corrected chi connectivity index (χ3v) is 32.3. The maximum Gasteiger partial charge on any atom is 0.305 e. The van der Waals surface area contributed by atoms with Crippen LogP contribution in [0.2, 0.25) is 0 Å². The Hall–Kier alpha value is -4.78. The number of sulfone groups is 3. The molecule has 0 radical (unpaired) electrons. The van der Waals surface area contributed by atoms with Crippen molar-refractivity contribution in [1.82, 2.24) is 20.2 Å². The number of rotatable bonds is 25. The third-order valence-electron chi connectivity index (χ3n) is 17.1. The molecular formula is C77H88I6N8O15S5. The molecular weight excluding hydrogens is 2200 g/mol. The van der Waals surface area contributed by atoms with Crippen molar-refractivity contribution in [2.45, 2.75) is 134 Å². The number of pyridine rings is 2. The molecule has 4 bridgehead atoms. The summed E-state index contributed by atoms with van der Waals surface area (Å²) in [4.78, 5) is 72.7. The SMILES string of the molecule is COC(=O)CCCS.COC(=O)CCCS(=O)(=O)c1ccccc1I.COC(=O)CCCSc1ccccc1I.Ic1ccccc1I.N#Cc1ccc(N2C3CCC2CN(C(=O)CCCS(=O)(=O)c2ccccc2I)C3)nc1.N#Cc1ccc(N2C3CCC2CNC3)nc1.O=C(O)CCCS(=O)(=O)c1ccccc1I. The highest BCUT2D eigenvalue weighted by Gasteiger charge is 2.42. The summed E-state index contributed by atoms with van der Waals surface area (Å²) in [6, 6.07) is 50.2. The number of thioether (sulfide) groups is 1. The van der Waals surface area contributed by atoms with Crippen molar-refractivity contribution in [1.29, 1.82) is 10.5 Å². The summed E-state index contributed by atoms with van der Waals surface area (Å²) < 4.78 is 92.2. The van der Waals surface area contributed by atoms with E-state index in [9.17, 15) is 49.2 Å². The minimum atomic E-state index is -3.39. The van der Waals surface area contributed by atoms with Crippen molar-refractivity contribution in [3.63, 3.8) is 0 Å². The number of nitriles is 2. The quantitative estimate of drug-likeness (QED) is 0.0119. The Morgan fingerprint density at radius 3 is 1.20 bits per heavy atom. The molecule has 2 aromatic heterocycles. The second kappa shape index (κ2) is 51.3. The molecule has 11 rings (SSSR count). The topological polar surface area (TPSA) is 331 Å². The van der Waals surface area contributed by atoms with E-state index in [0.29, 0.717) is 76.1 Å². The molecule has 0 aliphatic carbocycles. The van der Waals surface area contributed by atoms with Gasteiger partial charge in [0.25, 0.3) is 0 Å². The molecule has 598 valence electrons. The van der Waals surface area contributed by atoms with Crippen LogP contribution in [-0.4, -0.2) is 175 Å². The number of amides is 1. The fraction of sp³-hybridized carbons (Fsp3) is 0.390. The number of hydrogen-bond donors (Lipinski definition) is 3. The van der Waals surface area contributed by atoms with Crippen LogP contribution in [0.5, 0.6) is 0 Å². The molecule has 0 spiro atoms. The predicted octanol–water partition coefficient (Wildman–Crippen LogP) is 14.9. The van der Waals surface area contributed by atoms with Crippen molar-refractivity contribution >= 4 is 231 Å². The largest absolute Gasteiger partial charge is 0.481 e. The lowest BCUT2D eigenvalue weighted by Gasteiger charge is -2.41. The van der Waals surface area contributed by atoms with Crippen molar-refractivity contribution in [3.05, 3.63) is 191 Å². The first-order chi connectivity index (χ1) is 53.0. The van der Waals surface area contributed by atoms with E-state index in [1.807, 2.05) is 121 Å². The monoisotopic (exact) mass is 2290 g/mol. The number of nitrogens with one attached hydrogen (secondary N) is 1. The zero-order valence-electron chi connectivity index (χ0n) is 61.2. The van der Waals surface area contributed by atoms with Gasteiger partial charge in [0.1, 0.15) is 23.8 Å². The van der Waals surface area contributed by atoms with Gasteiger partial charge in [-0.15, -0.1) is 11.8 Å². The number of hydrogen-bond acceptors (Lipinski definition) is 23. The van der Waals surface area contributed by atoms with E-state index in [2.05, 4.69) is 156 Å². The second-order valence-corrected chi connectivity index (χ2v) is 39.7. The van der Waals surface area contributed by atoms with Gasteiger partial charge in [0.2, 0.25) is 5.91 Å². The first-order valence-corrected chi connectivity index (χ1v) is 48.1. The average molecular weight is 2290 g/mol. The Morgan fingerprint density at radius 2 is 0.838 bits per heavy atom. The Balaban J connectivity index is 0.000000243. The Morgan fingerprint density at radius 1 is 0.486 bits per heavy atom. The molecule has 4 aliphatic heterocycles. The smallest absolute Gasteiger partial charge is 0.305 e. The number of likely N-dealkylation sites (tertiary alicyclic amines) is 1. The first-order valence-electron chi connectivity index (χ1n) is 35.0. The van der Waals surface area contributed by atoms with Gasteiger partial charge in [-0.3, -0.25) is 24.0 Å². The number of halogens is 6. The highest BCUT2D eigenvalue weighted by molar-refractivity contribution is 14.1. The fourth-order valence-electron chi connectivity index (χ4n) is 11.6. The summed E-state index contributed by atoms with van der Waals surface area (Å²) in [5.41, 5.74) is 1.16. The maximum absolute atomic E-state index is 12.8. The normalized spacial score (nSPS) is 15.7. The van der Waals surface area contributed by atoms with Gasteiger partial charge in [0.05, 0.1) is 64.4 Å². The number of carbonyl (C=O) groups is 5. The number of carboxylic acids is 1. The zero-order chi connectivity index (χ0) is 81.5. The first kappa shape index (κ1) is 96.8. The highest BCUT2D eigenvalue weighted by atomic mass is 127. The van der Waals surface area contributed by atoms with Crippen LogP contribution in [0, 0.1) is 44.1 Å². The number of aliphatic carboxylic acids is 1. The summed E-state index contributed by atoms with van der Waals surface area (Å²) >= 11 is 18.6. The lowest BCUT2D eigenvalue weighted by atomic mass is 10.1. The van der Waals surface area contributed by atoms with Gasteiger partial charge in [-0.2, -0.15) is 23.2 Å². The molecule has 34 heteroatoms. The number of piperazine rings is 2. The summed E-state index contributed by atoms with van der Waals surface area (Å²) in [7, 11) is -5.96. The van der Waals surface area contributed by atoms with Crippen molar-refractivity contribution in [2.75, 3.05) is 86.1 Å². The number of nitrogens with zero attached hydrogens (tertiary/aromatic N) is 7. The Labute approximate surface area is 743 Å². The van der Waals surface area contributed by atoms with E-state index in [4.69, 9.17) is 15.6 Å². The molecule has 4 saturated heterocycles. The minimum absolute atomic E-state index is 0.0160. The van der Waals surface area contributed by atoms with Crippen LogP contribution in [-0.2, 0) is 67.7 Å². The lowest BCUT2D eigenvalue weighted by molar-refractivity contribution is -0.141. The summed E-state index contributed by atoms with van der Waals surface area (Å²) in [6.07, 6.45) is 11.4. The van der Waals surface area contributed by atoms with Crippen LogP contribution in [0.4, 0.5) is 11.6 Å². The number of fused-ring (bicyclic) bond motifs is 4. The van der Waals surface area contributed by atoms with E-state index >= 15 is 0 Å². The van der Waals surface area contributed by atoms with E-state index in [1.165, 1.54) is 55.8 Å². The van der Waals surface area contributed by atoms with Crippen LogP contribution in [0.25, 0.3) is 0 Å². The average Bonchev–Trinajstić information content (AvgIpc) is 1.65. The standard InChI is InChI=1S/C22H23IN4O3S.C12H14N4.C11H13IO4S.C11H13IO2S.C10H11IO4S.C6H4I2.C5H10O2S/c23-19-4-1-2-5-20(19)31(29,30)11-3-6-22(28)26-14-17-8-9-18(15-26)27(17)21-10-7-16(12-24)13-25-21;13-5-9-1-4-12(15-6-9)16-10-2-3-11(16)8-14-7-10;1-16-11(13)7-4-8-17(14,15)10-6-3-2-5-9(10)12;1-14-11(13)7-4-8-15-10-6-3-2-5-9(10)12;11-8-4-1-2-5-9(8)16(14,15)7-3-6-10(12)13;7-5-3-1-2-4-6(5)8;1-7-5(6)3-2-4-8/h1-2,4-5,7,10,13,17-18H,3,6,8-9,11,14-15H2;1,4,6,10-11,14H,2-3,7-8H2;2-3,5-6H,4,7-8H2,1H3;2-3,5-6H,4,7-8H2,1H3;1-2,4-5H,3,6-7H2,(H,12,13);1-4H;8H,2-4H2,1H3. The number of esters is 3. The predicted molar refractivity (Wildman–Crippen MR) is 485 cm³/mol. The Bertz CT molecular complexity index is 4560. The van der Waals surface area contributed by atoms with Crippen LogP contribution in [0.15, 0.2) is 178 Å². The number of methoxy groups -OCH3 is 3. The summed E-state index contributed by atoms with van der Waals surface area (Å²) in [5.74, 6) is 1.75. The number of benzene rings is 5. The molecule has 4 unspecified atom stereocenters. The van der Waals surface area contributed by atoms with E-state index < -0.39 is 35.5 Å². The molecule has 111 heavy (non-hydrogen) atoms. The van der Waals surface area contributed by atoms with Gasteiger partial charge in [-0.1, -0.05) is 60.7 Å². The van der Waals surface area contributed by atoms with Crippen molar-refractivity contribution < 1.29 is 68.5 Å². The Kier molecular flexibility index (Phi) is 44.8. The minimum Gasteiger partial charge on any atom is -0.481 e. The van der Waals surface area contributed by atoms with E-state index in [1.54, 1.807) is 90.9 Å². The van der Waals surface area contributed by atoms with Gasteiger partial charge >= 0.3 is 23.9 Å². The second-order valence-electron chi connectivity index (χ2n) is 24.9. The summed E-state index contributed by atoms with van der Waals surface area (Å²) in [5, 5.41) is 29.6. The number of anilines is 2. The van der Waals surface area contributed by atoms with Gasteiger partial charge in [0.15, 0.2) is 29.5 Å². The van der Waals surface area contributed by atoms with Gasteiger partial charge in [0, 0.05) is 121 Å². The van der Waals surface area contributed by atoms with Crippen LogP contribution < -0.4 is 15.1 Å². The molecule has 4 atom stereocenters. The molecule has 6 heterocycles. The fourth-order valence-corrected chi connectivity index (χ4v) is 22.6. The van der Waals surface area contributed by atoms with E-state index in [-0.39, 0.29) is 90.2 Å². The zero-order valence-corrected chi connectivity index (χ0v) is 78.3. The van der Waals surface area contributed by atoms with Crippen molar-refractivity contribution in [2.24, 2.45) is 0 Å². The molecule has 5 aromatic carbocycles. The number of thiol groups is 1. The van der Waals surface area contributed by atoms with Crippen LogP contribution in [0.3, 0.4) is 0 Å². The number of carboxylic acid groups (broad SMARTS) is 1. The van der Waals surface area contributed by atoms with Gasteiger partial charge in [-0.05, 0) is 290 Å². The van der Waals surface area contributed by atoms with Crippen LogP contribution >= 0.6 is 160 Å². The maximum atomic E-state index is 12.8. The number of aromatic nitrogens is 2. The molecule has 23 nitrogen and oxygen atoms in total. The van der Waals surface area contributed by atoms with Gasteiger partial charge < -0.3 is 39.3 Å². The van der Waals surface area contributed by atoms with E-state index in [0.717, 1.165) is 61.9 Å². The molecule has 4 aliphatic rings. The molecule has 4 fully saturated rings. The lowest BCUT2D eigenvalue weighted by Crippen LogP contribution is -2.55. The van der Waals surface area contributed by atoms with Gasteiger partial charge in [-0.25, -0.2) is 35.2 Å². The molecule has 7 aromatic rings.